The van der Waals surface area contributed by atoms with Crippen LogP contribution in [0.3, 0.4) is 0 Å². The number of rotatable bonds is 6. The van der Waals surface area contributed by atoms with Gasteiger partial charge in [0.1, 0.15) is 12.4 Å². The molecule has 4 rings (SSSR count). The molecule has 8 nitrogen and oxygen atoms in total. The summed E-state index contributed by atoms with van der Waals surface area (Å²) in [7, 11) is 0. The van der Waals surface area contributed by atoms with Crippen LogP contribution in [0.5, 0.6) is 0 Å². The lowest BCUT2D eigenvalue weighted by Gasteiger charge is -2.23. The van der Waals surface area contributed by atoms with Crippen LogP contribution in [0.15, 0.2) is 47.3 Å². The predicted molar refractivity (Wildman–Crippen MR) is 107 cm³/mol. The molecule has 2 N–H and O–H groups in total. The van der Waals surface area contributed by atoms with Crippen molar-refractivity contribution in [2.75, 3.05) is 11.9 Å². The monoisotopic (exact) mass is 414 g/mol. The number of thiazole rings is 1. The van der Waals surface area contributed by atoms with E-state index in [9.17, 15) is 9.59 Å². The normalized spacial score (nSPS) is 16.3. The lowest BCUT2D eigenvalue weighted by Crippen LogP contribution is -2.43. The van der Waals surface area contributed by atoms with E-state index < -0.39 is 6.04 Å². The largest absolute Gasteiger partial charge is 0.327 e. The number of benzene rings is 1. The maximum absolute atomic E-state index is 12.9. The fraction of sp³-hybridized carbons (Fsp3) is 0.278. The average molecular weight is 415 g/mol. The minimum absolute atomic E-state index is 0.119. The average Bonchev–Trinajstić information content (AvgIpc) is 3.48. The molecule has 2 aromatic heterocycles. The van der Waals surface area contributed by atoms with E-state index in [1.807, 2.05) is 24.3 Å². The third-order valence-corrected chi connectivity index (χ3v) is 6.08. The molecule has 10 heteroatoms. The molecular weight excluding hydrogens is 396 g/mol. The van der Waals surface area contributed by atoms with E-state index in [-0.39, 0.29) is 11.8 Å². The Labute approximate surface area is 169 Å². The second kappa shape index (κ2) is 8.53. The van der Waals surface area contributed by atoms with Crippen molar-refractivity contribution < 1.29 is 9.59 Å². The molecule has 28 heavy (non-hydrogen) atoms. The van der Waals surface area contributed by atoms with Gasteiger partial charge >= 0.3 is 0 Å². The van der Waals surface area contributed by atoms with E-state index in [1.165, 1.54) is 17.7 Å². The number of H-pyrrole nitrogens is 1. The highest BCUT2D eigenvalue weighted by Crippen LogP contribution is 2.23. The Balaban J connectivity index is 1.39. The summed E-state index contributed by atoms with van der Waals surface area (Å²) in [6.07, 6.45) is 4.59. The molecule has 1 unspecified atom stereocenters. The van der Waals surface area contributed by atoms with Gasteiger partial charge in [0.2, 0.25) is 5.91 Å². The molecule has 1 aromatic carbocycles. The Morgan fingerprint density at radius 2 is 2.14 bits per heavy atom. The SMILES string of the molecule is O=C(Nc1nccs1)C1CCCN1C(=O)c1ccc(CSc2ncn[nH]2)cc1. The summed E-state index contributed by atoms with van der Waals surface area (Å²) < 4.78 is 0. The van der Waals surface area contributed by atoms with Crippen molar-refractivity contribution in [1.82, 2.24) is 25.1 Å². The van der Waals surface area contributed by atoms with Crippen LogP contribution < -0.4 is 5.32 Å². The number of carbonyl (C=O) groups excluding carboxylic acids is 2. The predicted octanol–water partition coefficient (Wildman–Crippen LogP) is 2.80. The van der Waals surface area contributed by atoms with Crippen LogP contribution in [0.25, 0.3) is 0 Å². The van der Waals surface area contributed by atoms with Crippen molar-refractivity contribution in [2.24, 2.45) is 0 Å². The first-order valence-electron chi connectivity index (χ1n) is 8.79. The number of anilines is 1. The molecule has 0 bridgehead atoms. The van der Waals surface area contributed by atoms with Crippen molar-refractivity contribution in [3.05, 3.63) is 53.3 Å². The minimum atomic E-state index is -0.460. The van der Waals surface area contributed by atoms with E-state index in [2.05, 4.69) is 25.5 Å². The molecule has 0 spiro atoms. The fourth-order valence-electron chi connectivity index (χ4n) is 3.08. The van der Waals surface area contributed by atoms with Crippen molar-refractivity contribution >= 4 is 40.0 Å². The van der Waals surface area contributed by atoms with Crippen molar-refractivity contribution in [1.29, 1.82) is 0 Å². The van der Waals surface area contributed by atoms with Crippen LogP contribution in [0.1, 0.15) is 28.8 Å². The number of aromatic amines is 1. The fourth-order valence-corrected chi connectivity index (χ4v) is 4.35. The van der Waals surface area contributed by atoms with Gasteiger partial charge in [0.05, 0.1) is 0 Å². The summed E-state index contributed by atoms with van der Waals surface area (Å²) in [5, 5.41) is 12.5. The van der Waals surface area contributed by atoms with Crippen molar-refractivity contribution in [3.63, 3.8) is 0 Å². The van der Waals surface area contributed by atoms with Crippen LogP contribution in [-0.4, -0.2) is 49.5 Å². The summed E-state index contributed by atoms with van der Waals surface area (Å²) in [5.74, 6) is 0.429. The highest BCUT2D eigenvalue weighted by molar-refractivity contribution is 7.98. The Morgan fingerprint density at radius 1 is 1.29 bits per heavy atom. The molecule has 0 radical (unpaired) electrons. The first-order valence-corrected chi connectivity index (χ1v) is 10.7. The smallest absolute Gasteiger partial charge is 0.254 e. The highest BCUT2D eigenvalue weighted by atomic mass is 32.2. The van der Waals surface area contributed by atoms with Gasteiger partial charge in [-0.05, 0) is 30.5 Å². The summed E-state index contributed by atoms with van der Waals surface area (Å²) >= 11 is 2.91. The number of thioether (sulfide) groups is 1. The van der Waals surface area contributed by atoms with Gasteiger partial charge < -0.3 is 10.2 Å². The second-order valence-electron chi connectivity index (χ2n) is 6.26. The maximum atomic E-state index is 12.9. The summed E-state index contributed by atoms with van der Waals surface area (Å²) in [5.41, 5.74) is 1.67. The molecule has 1 saturated heterocycles. The van der Waals surface area contributed by atoms with E-state index in [0.717, 1.165) is 22.9 Å². The molecule has 144 valence electrons. The molecule has 1 atom stereocenters. The standard InChI is InChI=1S/C18H18N6O2S2/c25-15(22-17-19-7-9-27-17)14-2-1-8-24(14)16(26)13-5-3-12(4-6-13)10-28-18-20-11-21-23-18/h3-7,9,11,14H,1-2,8,10H2,(H,19,22,25)(H,20,21,23). The molecule has 1 fully saturated rings. The van der Waals surface area contributed by atoms with Gasteiger partial charge in [-0.3, -0.25) is 14.7 Å². The first-order chi connectivity index (χ1) is 13.7. The topological polar surface area (TPSA) is 104 Å². The molecule has 3 aromatic rings. The van der Waals surface area contributed by atoms with Gasteiger partial charge in [-0.25, -0.2) is 9.97 Å². The van der Waals surface area contributed by atoms with Gasteiger partial charge in [-0.15, -0.1) is 11.3 Å². The van der Waals surface area contributed by atoms with Crippen LogP contribution in [0, 0.1) is 0 Å². The van der Waals surface area contributed by atoms with Gasteiger partial charge in [0, 0.05) is 29.4 Å². The van der Waals surface area contributed by atoms with Crippen molar-refractivity contribution in [2.45, 2.75) is 29.8 Å². The number of hydrogen-bond donors (Lipinski definition) is 2. The molecule has 3 heterocycles. The lowest BCUT2D eigenvalue weighted by molar-refractivity contribution is -0.119. The van der Waals surface area contributed by atoms with Crippen LogP contribution in [0.2, 0.25) is 0 Å². The number of hydrogen-bond acceptors (Lipinski definition) is 7. The third-order valence-electron chi connectivity index (χ3n) is 4.45. The number of nitrogens with zero attached hydrogens (tertiary/aromatic N) is 4. The quantitative estimate of drug-likeness (QED) is 0.601. The summed E-state index contributed by atoms with van der Waals surface area (Å²) in [6, 6.07) is 7.02. The lowest BCUT2D eigenvalue weighted by atomic mass is 10.1. The van der Waals surface area contributed by atoms with Gasteiger partial charge in [0.25, 0.3) is 5.91 Å². The Morgan fingerprint density at radius 3 is 2.86 bits per heavy atom. The number of carbonyl (C=O) groups is 2. The van der Waals surface area contributed by atoms with Crippen LogP contribution >= 0.6 is 23.1 Å². The van der Waals surface area contributed by atoms with E-state index >= 15 is 0 Å². The molecule has 1 aliphatic rings. The van der Waals surface area contributed by atoms with Gasteiger partial charge in [0.15, 0.2) is 10.3 Å². The van der Waals surface area contributed by atoms with Crippen molar-refractivity contribution in [3.8, 4) is 0 Å². The minimum Gasteiger partial charge on any atom is -0.327 e. The third kappa shape index (κ3) is 4.23. The zero-order valence-electron chi connectivity index (χ0n) is 14.9. The first kappa shape index (κ1) is 18.6. The number of nitrogens with one attached hydrogen (secondary N) is 2. The van der Waals surface area contributed by atoms with Gasteiger partial charge in [-0.1, -0.05) is 23.9 Å². The Bertz CT molecular complexity index is 928. The zero-order valence-corrected chi connectivity index (χ0v) is 16.5. The molecular formula is C18H18N6O2S2. The zero-order chi connectivity index (χ0) is 19.3. The van der Waals surface area contributed by atoms with Crippen LogP contribution in [0.4, 0.5) is 5.13 Å². The molecule has 1 aliphatic heterocycles. The Kier molecular flexibility index (Phi) is 5.68. The molecule has 0 saturated carbocycles. The Hall–Kier alpha value is -2.72. The highest BCUT2D eigenvalue weighted by Gasteiger charge is 2.34. The second-order valence-corrected chi connectivity index (χ2v) is 8.12. The summed E-state index contributed by atoms with van der Waals surface area (Å²) in [6.45, 7) is 0.581. The van der Waals surface area contributed by atoms with E-state index in [4.69, 9.17) is 0 Å². The van der Waals surface area contributed by atoms with E-state index in [0.29, 0.717) is 23.7 Å². The van der Waals surface area contributed by atoms with E-state index in [1.54, 1.807) is 28.2 Å². The van der Waals surface area contributed by atoms with Crippen LogP contribution in [-0.2, 0) is 10.5 Å². The molecule has 2 amide bonds. The molecule has 0 aliphatic carbocycles. The van der Waals surface area contributed by atoms with Gasteiger partial charge in [-0.2, -0.15) is 5.10 Å². The number of likely N-dealkylation sites (tertiary alicyclic amines) is 1. The number of amides is 2. The maximum Gasteiger partial charge on any atom is 0.254 e. The summed E-state index contributed by atoms with van der Waals surface area (Å²) in [4.78, 5) is 35.3. The number of aromatic nitrogens is 4.